The number of hydrogen-bond donors (Lipinski definition) is 1. The molecule has 5 heteroatoms. The van der Waals surface area contributed by atoms with E-state index in [1.807, 2.05) is 13.8 Å². The number of nitrogens with one attached hydrogen (secondary N) is 1. The fourth-order valence-electron chi connectivity index (χ4n) is 2.80. The normalized spacial score (nSPS) is 21.3. The lowest BCUT2D eigenvalue weighted by molar-refractivity contribution is -0.136. The van der Waals surface area contributed by atoms with Crippen LogP contribution in [0.3, 0.4) is 0 Å². The Bertz CT molecular complexity index is 507. The van der Waals surface area contributed by atoms with Gasteiger partial charge in [-0.3, -0.25) is 4.79 Å². The molecule has 4 nitrogen and oxygen atoms in total. The van der Waals surface area contributed by atoms with Crippen molar-refractivity contribution >= 4 is 5.91 Å². The van der Waals surface area contributed by atoms with Crippen LogP contribution in [0.25, 0.3) is 0 Å². The number of methoxy groups -OCH3 is 1. The van der Waals surface area contributed by atoms with Crippen molar-refractivity contribution in [2.24, 2.45) is 5.92 Å². The lowest BCUT2D eigenvalue weighted by Crippen LogP contribution is -2.39. The SMILES string of the molecule is CCN(Cc1ccc(OC)c(F)c1)C(=O)C1CCNC1C. The zero-order valence-corrected chi connectivity index (χ0v) is 12.9. The lowest BCUT2D eigenvalue weighted by Gasteiger charge is -2.26. The summed E-state index contributed by atoms with van der Waals surface area (Å²) >= 11 is 0. The molecule has 1 aliphatic heterocycles. The molecule has 1 aliphatic rings. The monoisotopic (exact) mass is 294 g/mol. The quantitative estimate of drug-likeness (QED) is 0.905. The van der Waals surface area contributed by atoms with Crippen LogP contribution in [0.4, 0.5) is 4.39 Å². The highest BCUT2D eigenvalue weighted by atomic mass is 19.1. The standard InChI is InChI=1S/C16H23FN2O2/c1-4-19(16(20)13-7-8-18-11(13)2)10-12-5-6-15(21-3)14(17)9-12/h5-6,9,11,13,18H,4,7-8,10H2,1-3H3. The highest BCUT2D eigenvalue weighted by Crippen LogP contribution is 2.22. The number of halogens is 1. The van der Waals surface area contributed by atoms with Crippen LogP contribution < -0.4 is 10.1 Å². The van der Waals surface area contributed by atoms with Gasteiger partial charge in [-0.05, 0) is 44.5 Å². The smallest absolute Gasteiger partial charge is 0.227 e. The Morgan fingerprint density at radius 2 is 2.29 bits per heavy atom. The molecule has 2 rings (SSSR count). The van der Waals surface area contributed by atoms with Crippen LogP contribution in [0.1, 0.15) is 25.8 Å². The number of benzene rings is 1. The number of carbonyl (C=O) groups is 1. The zero-order chi connectivity index (χ0) is 15.4. The second-order valence-corrected chi connectivity index (χ2v) is 5.46. The van der Waals surface area contributed by atoms with Gasteiger partial charge in [-0.2, -0.15) is 0 Å². The molecule has 116 valence electrons. The molecule has 0 bridgehead atoms. The van der Waals surface area contributed by atoms with Crippen molar-refractivity contribution in [3.05, 3.63) is 29.6 Å². The summed E-state index contributed by atoms with van der Waals surface area (Å²) in [5.74, 6) is -0.00425. The molecule has 1 fully saturated rings. The minimum Gasteiger partial charge on any atom is -0.494 e. The third kappa shape index (κ3) is 3.53. The fraction of sp³-hybridized carbons (Fsp3) is 0.562. The largest absolute Gasteiger partial charge is 0.494 e. The van der Waals surface area contributed by atoms with Crippen molar-refractivity contribution in [1.82, 2.24) is 10.2 Å². The number of ether oxygens (including phenoxy) is 1. The summed E-state index contributed by atoms with van der Waals surface area (Å²) in [6.45, 7) is 5.92. The van der Waals surface area contributed by atoms with Crippen LogP contribution >= 0.6 is 0 Å². The van der Waals surface area contributed by atoms with E-state index in [0.717, 1.165) is 18.5 Å². The van der Waals surface area contributed by atoms with Crippen molar-refractivity contribution < 1.29 is 13.9 Å². The topological polar surface area (TPSA) is 41.6 Å². The first-order valence-corrected chi connectivity index (χ1v) is 7.41. The molecular weight excluding hydrogens is 271 g/mol. The third-order valence-corrected chi connectivity index (χ3v) is 4.13. The summed E-state index contributed by atoms with van der Waals surface area (Å²) in [6.07, 6.45) is 0.869. The summed E-state index contributed by atoms with van der Waals surface area (Å²) < 4.78 is 18.6. The van der Waals surface area contributed by atoms with E-state index in [0.29, 0.717) is 13.1 Å². The van der Waals surface area contributed by atoms with Crippen LogP contribution in [0, 0.1) is 11.7 Å². The molecule has 2 atom stereocenters. The maximum atomic E-state index is 13.7. The van der Waals surface area contributed by atoms with Crippen molar-refractivity contribution in [2.75, 3.05) is 20.2 Å². The molecule has 1 aromatic rings. The molecule has 0 aromatic heterocycles. The average Bonchev–Trinajstić information content (AvgIpc) is 2.90. The van der Waals surface area contributed by atoms with E-state index >= 15 is 0 Å². The van der Waals surface area contributed by atoms with E-state index in [4.69, 9.17) is 4.74 Å². The number of rotatable bonds is 5. The maximum Gasteiger partial charge on any atom is 0.227 e. The maximum absolute atomic E-state index is 13.7. The first kappa shape index (κ1) is 15.8. The molecular formula is C16H23FN2O2. The van der Waals surface area contributed by atoms with Gasteiger partial charge in [0.15, 0.2) is 11.6 Å². The summed E-state index contributed by atoms with van der Waals surface area (Å²) in [5, 5.41) is 3.29. The van der Waals surface area contributed by atoms with E-state index in [1.165, 1.54) is 13.2 Å². The van der Waals surface area contributed by atoms with Gasteiger partial charge in [0.2, 0.25) is 5.91 Å². The van der Waals surface area contributed by atoms with Gasteiger partial charge in [0.05, 0.1) is 13.0 Å². The van der Waals surface area contributed by atoms with Crippen LogP contribution in [-0.2, 0) is 11.3 Å². The molecule has 2 unspecified atom stereocenters. The molecule has 0 saturated carbocycles. The van der Waals surface area contributed by atoms with Crippen molar-refractivity contribution in [3.8, 4) is 5.75 Å². The van der Waals surface area contributed by atoms with Crippen LogP contribution in [-0.4, -0.2) is 37.0 Å². The average molecular weight is 294 g/mol. The van der Waals surface area contributed by atoms with Gasteiger partial charge >= 0.3 is 0 Å². The lowest BCUT2D eigenvalue weighted by atomic mass is 10.00. The van der Waals surface area contributed by atoms with E-state index in [2.05, 4.69) is 5.32 Å². The molecule has 0 radical (unpaired) electrons. The third-order valence-electron chi connectivity index (χ3n) is 4.13. The zero-order valence-electron chi connectivity index (χ0n) is 12.9. The second-order valence-electron chi connectivity index (χ2n) is 5.46. The van der Waals surface area contributed by atoms with Crippen LogP contribution in [0.2, 0.25) is 0 Å². The van der Waals surface area contributed by atoms with Crippen molar-refractivity contribution in [2.45, 2.75) is 32.9 Å². The van der Waals surface area contributed by atoms with Crippen molar-refractivity contribution in [3.63, 3.8) is 0 Å². The Morgan fingerprint density at radius 1 is 1.52 bits per heavy atom. The minimum atomic E-state index is -0.394. The van der Waals surface area contributed by atoms with E-state index in [1.54, 1.807) is 17.0 Å². The van der Waals surface area contributed by atoms with Crippen molar-refractivity contribution in [1.29, 1.82) is 0 Å². The van der Waals surface area contributed by atoms with Gasteiger partial charge < -0.3 is 15.0 Å². The molecule has 1 amide bonds. The molecule has 1 N–H and O–H groups in total. The number of carbonyl (C=O) groups excluding carboxylic acids is 1. The van der Waals surface area contributed by atoms with E-state index < -0.39 is 5.82 Å². The molecule has 1 aromatic carbocycles. The molecule has 21 heavy (non-hydrogen) atoms. The van der Waals surface area contributed by atoms with Gasteiger partial charge in [0.25, 0.3) is 0 Å². The Labute approximate surface area is 125 Å². The van der Waals surface area contributed by atoms with Gasteiger partial charge in [-0.25, -0.2) is 4.39 Å². The molecule has 0 spiro atoms. The summed E-state index contributed by atoms with van der Waals surface area (Å²) in [6, 6.07) is 5.04. The first-order chi connectivity index (χ1) is 10.1. The van der Waals surface area contributed by atoms with Gasteiger partial charge in [0.1, 0.15) is 0 Å². The van der Waals surface area contributed by atoms with Gasteiger partial charge in [-0.1, -0.05) is 6.07 Å². The molecule has 0 aliphatic carbocycles. The number of hydrogen-bond acceptors (Lipinski definition) is 3. The minimum absolute atomic E-state index is 0.0213. The summed E-state index contributed by atoms with van der Waals surface area (Å²) in [7, 11) is 1.44. The Hall–Kier alpha value is -1.62. The van der Waals surface area contributed by atoms with Crippen LogP contribution in [0.5, 0.6) is 5.75 Å². The highest BCUT2D eigenvalue weighted by Gasteiger charge is 2.32. The van der Waals surface area contributed by atoms with Gasteiger partial charge in [0, 0.05) is 19.1 Å². The Balaban J connectivity index is 2.08. The first-order valence-electron chi connectivity index (χ1n) is 7.41. The predicted molar refractivity (Wildman–Crippen MR) is 79.6 cm³/mol. The summed E-state index contributed by atoms with van der Waals surface area (Å²) in [4.78, 5) is 14.4. The number of nitrogens with zero attached hydrogens (tertiary/aromatic N) is 1. The molecule has 1 heterocycles. The van der Waals surface area contributed by atoms with E-state index in [-0.39, 0.29) is 23.6 Å². The number of amides is 1. The Morgan fingerprint density at radius 3 is 2.81 bits per heavy atom. The fourth-order valence-corrected chi connectivity index (χ4v) is 2.80. The highest BCUT2D eigenvalue weighted by molar-refractivity contribution is 5.79. The van der Waals surface area contributed by atoms with E-state index in [9.17, 15) is 9.18 Å². The van der Waals surface area contributed by atoms with Crippen LogP contribution in [0.15, 0.2) is 18.2 Å². The summed E-state index contributed by atoms with van der Waals surface area (Å²) in [5.41, 5.74) is 0.780. The van der Waals surface area contributed by atoms with Gasteiger partial charge in [-0.15, -0.1) is 0 Å². The predicted octanol–water partition coefficient (Wildman–Crippen LogP) is 2.18. The molecule has 1 saturated heterocycles. The Kier molecular flexibility index (Phi) is 5.17. The second kappa shape index (κ2) is 6.89.